The molecule has 3 unspecified atom stereocenters. The highest BCUT2D eigenvalue weighted by Gasteiger charge is 2.30. The first-order chi connectivity index (χ1) is 45.9. The summed E-state index contributed by atoms with van der Waals surface area (Å²) in [4.78, 5) is 72.8. The number of ether oxygens (including phenoxy) is 4. The summed E-state index contributed by atoms with van der Waals surface area (Å²) in [6, 6.07) is 0. The summed E-state index contributed by atoms with van der Waals surface area (Å²) in [5.74, 6) is -0.644. The van der Waals surface area contributed by atoms with Crippen LogP contribution in [0.15, 0.2) is 0 Å². The number of hydrogen-bond donors (Lipinski definition) is 3. The first-order valence-electron chi connectivity index (χ1n) is 39.5. The first kappa shape index (κ1) is 93.1. The van der Waals surface area contributed by atoms with Gasteiger partial charge >= 0.3 is 39.5 Å². The van der Waals surface area contributed by atoms with Gasteiger partial charge in [-0.25, -0.2) is 9.13 Å². The fourth-order valence-corrected chi connectivity index (χ4v) is 13.2. The van der Waals surface area contributed by atoms with Gasteiger partial charge in [0.2, 0.25) is 0 Å². The molecule has 0 heterocycles. The van der Waals surface area contributed by atoms with Gasteiger partial charge in [0.15, 0.2) is 12.2 Å². The van der Waals surface area contributed by atoms with E-state index in [0.29, 0.717) is 31.6 Å². The molecule has 0 saturated heterocycles. The van der Waals surface area contributed by atoms with Crippen molar-refractivity contribution in [1.82, 2.24) is 0 Å². The van der Waals surface area contributed by atoms with Gasteiger partial charge in [-0.1, -0.05) is 343 Å². The Kier molecular flexibility index (Phi) is 66.5. The Morgan fingerprint density at radius 2 is 0.537 bits per heavy atom. The number of hydrogen-bond acceptors (Lipinski definition) is 15. The van der Waals surface area contributed by atoms with Crippen LogP contribution in [0.25, 0.3) is 0 Å². The number of rotatable bonds is 75. The lowest BCUT2D eigenvalue weighted by Crippen LogP contribution is -2.30. The number of phosphoric acid groups is 2. The van der Waals surface area contributed by atoms with E-state index in [-0.39, 0.29) is 25.7 Å². The van der Waals surface area contributed by atoms with Crippen LogP contribution >= 0.6 is 15.6 Å². The third-order valence-corrected chi connectivity index (χ3v) is 20.0. The highest BCUT2D eigenvalue weighted by atomic mass is 31.2. The van der Waals surface area contributed by atoms with E-state index in [1.807, 2.05) is 0 Å². The standard InChI is InChI=1S/C76H148O17P2/c1-7-10-12-14-16-18-20-22-23-24-25-26-27-28-30-32-34-41-48-54-60-75(80)92-71(64-86-73(78)58-52-46-40-33-31-29-21-19-17-15-13-11-8-2)66-90-94(82,83)88-62-70(77)63-89-95(84,85)91-67-72(65-87-74(79)59-53-47-43-37-38-44-50-56-68(4)5)93-76(81)61-55-49-42-36-35-39-45-51-57-69(6)9-3/h68-72,77H,7-67H2,1-6H3,(H,82,83)(H,84,85)/t69?,70-,71-,72-/m1/s1. The lowest BCUT2D eigenvalue weighted by Gasteiger charge is -2.21. The van der Waals surface area contributed by atoms with Crippen molar-refractivity contribution in [2.24, 2.45) is 11.8 Å². The Morgan fingerprint density at radius 3 is 0.800 bits per heavy atom. The minimum Gasteiger partial charge on any atom is -0.462 e. The van der Waals surface area contributed by atoms with E-state index in [2.05, 4.69) is 41.5 Å². The quantitative estimate of drug-likeness (QED) is 0.0222. The number of phosphoric ester groups is 2. The highest BCUT2D eigenvalue weighted by Crippen LogP contribution is 2.45. The molecule has 95 heavy (non-hydrogen) atoms. The lowest BCUT2D eigenvalue weighted by atomic mass is 9.99. The molecule has 0 rings (SSSR count). The molecule has 0 aliphatic carbocycles. The number of aliphatic hydroxyl groups is 1. The van der Waals surface area contributed by atoms with E-state index in [1.54, 1.807) is 0 Å². The summed E-state index contributed by atoms with van der Waals surface area (Å²) >= 11 is 0. The van der Waals surface area contributed by atoms with Gasteiger partial charge in [0.05, 0.1) is 26.4 Å². The van der Waals surface area contributed by atoms with Crippen LogP contribution in [-0.2, 0) is 65.4 Å². The molecule has 0 spiro atoms. The average molecular weight is 1400 g/mol. The van der Waals surface area contributed by atoms with E-state index in [1.165, 1.54) is 205 Å². The highest BCUT2D eigenvalue weighted by molar-refractivity contribution is 7.47. The third-order valence-electron chi connectivity index (χ3n) is 18.1. The van der Waals surface area contributed by atoms with Crippen molar-refractivity contribution < 1.29 is 80.2 Å². The van der Waals surface area contributed by atoms with Crippen LogP contribution in [-0.4, -0.2) is 96.7 Å². The Morgan fingerprint density at radius 1 is 0.305 bits per heavy atom. The zero-order valence-corrected chi connectivity index (χ0v) is 63.8. The molecule has 0 radical (unpaired) electrons. The van der Waals surface area contributed by atoms with Crippen LogP contribution in [0.1, 0.15) is 395 Å². The average Bonchev–Trinajstić information content (AvgIpc) is 1.83. The van der Waals surface area contributed by atoms with Crippen molar-refractivity contribution in [2.45, 2.75) is 413 Å². The molecule has 0 aromatic heterocycles. The van der Waals surface area contributed by atoms with E-state index >= 15 is 0 Å². The van der Waals surface area contributed by atoms with Crippen molar-refractivity contribution in [3.63, 3.8) is 0 Å². The lowest BCUT2D eigenvalue weighted by molar-refractivity contribution is -0.161. The summed E-state index contributed by atoms with van der Waals surface area (Å²) < 4.78 is 68.5. The summed E-state index contributed by atoms with van der Waals surface area (Å²) in [6.45, 7) is 9.53. The fraction of sp³-hybridized carbons (Fsp3) is 0.947. The van der Waals surface area contributed by atoms with Crippen LogP contribution in [0, 0.1) is 11.8 Å². The molecule has 0 aliphatic heterocycles. The molecule has 0 fully saturated rings. The molecule has 0 aromatic carbocycles. The van der Waals surface area contributed by atoms with Gasteiger partial charge in [0, 0.05) is 25.7 Å². The number of aliphatic hydroxyl groups excluding tert-OH is 1. The van der Waals surface area contributed by atoms with Crippen LogP contribution in [0.3, 0.4) is 0 Å². The Balaban J connectivity index is 5.22. The normalized spacial score (nSPS) is 14.3. The fourth-order valence-electron chi connectivity index (χ4n) is 11.6. The van der Waals surface area contributed by atoms with E-state index in [4.69, 9.17) is 37.0 Å². The maximum absolute atomic E-state index is 13.1. The molecule has 19 heteroatoms. The Bertz CT molecular complexity index is 1840. The van der Waals surface area contributed by atoms with E-state index < -0.39 is 97.5 Å². The van der Waals surface area contributed by atoms with Crippen molar-refractivity contribution >= 4 is 39.5 Å². The molecule has 0 bridgehead atoms. The van der Waals surface area contributed by atoms with Gasteiger partial charge in [0.25, 0.3) is 0 Å². The first-order valence-corrected chi connectivity index (χ1v) is 42.5. The van der Waals surface area contributed by atoms with Gasteiger partial charge < -0.3 is 33.8 Å². The smallest absolute Gasteiger partial charge is 0.462 e. The van der Waals surface area contributed by atoms with Crippen LogP contribution < -0.4 is 0 Å². The number of carbonyl (C=O) groups excluding carboxylic acids is 4. The maximum Gasteiger partial charge on any atom is 0.472 e. The largest absolute Gasteiger partial charge is 0.472 e. The van der Waals surface area contributed by atoms with Crippen molar-refractivity contribution in [3.05, 3.63) is 0 Å². The zero-order valence-electron chi connectivity index (χ0n) is 62.0. The molecule has 0 saturated carbocycles. The Labute approximate surface area is 581 Å². The number of esters is 4. The summed E-state index contributed by atoms with van der Waals surface area (Å²) in [6.07, 6.45) is 55.6. The van der Waals surface area contributed by atoms with Crippen LogP contribution in [0.5, 0.6) is 0 Å². The molecule has 6 atom stereocenters. The molecule has 0 aliphatic rings. The van der Waals surface area contributed by atoms with Gasteiger partial charge in [-0.2, -0.15) is 0 Å². The SMILES string of the molecule is CCCCCCCCCCCCCCCCCCCCCCC(=O)O[C@H](COC(=O)CCCCCCCCCCCCCCC)COP(=O)(O)OC[C@@H](O)COP(=O)(O)OC[C@@H](COC(=O)CCCCCCCCCC(C)C)OC(=O)CCCCCCCCCCC(C)CC. The maximum atomic E-state index is 13.1. The second-order valence-corrected chi connectivity index (χ2v) is 31.0. The van der Waals surface area contributed by atoms with Gasteiger partial charge in [-0.3, -0.25) is 37.3 Å². The van der Waals surface area contributed by atoms with Crippen LogP contribution in [0.4, 0.5) is 0 Å². The molecule has 0 amide bonds. The summed E-state index contributed by atoms with van der Waals surface area (Å²) in [5, 5.41) is 10.6. The molecular weight excluding hydrogens is 1250 g/mol. The van der Waals surface area contributed by atoms with Gasteiger partial charge in [0.1, 0.15) is 19.3 Å². The zero-order chi connectivity index (χ0) is 70.0. The predicted octanol–water partition coefficient (Wildman–Crippen LogP) is 22.3. The molecule has 0 aromatic rings. The predicted molar refractivity (Wildman–Crippen MR) is 386 cm³/mol. The van der Waals surface area contributed by atoms with Crippen molar-refractivity contribution in [1.29, 1.82) is 0 Å². The molecule has 3 N–H and O–H groups in total. The molecule has 564 valence electrons. The minimum absolute atomic E-state index is 0.104. The second kappa shape index (κ2) is 67.9. The number of unbranched alkanes of at least 4 members (excludes halogenated alkanes) is 44. The summed E-state index contributed by atoms with van der Waals surface area (Å²) in [7, 11) is -9.91. The number of carbonyl (C=O) groups is 4. The van der Waals surface area contributed by atoms with E-state index in [0.717, 1.165) is 102 Å². The van der Waals surface area contributed by atoms with Crippen molar-refractivity contribution in [3.8, 4) is 0 Å². The molecule has 17 nitrogen and oxygen atoms in total. The Hall–Kier alpha value is -1.94. The monoisotopic (exact) mass is 1400 g/mol. The summed E-state index contributed by atoms with van der Waals surface area (Å²) in [5.41, 5.74) is 0. The van der Waals surface area contributed by atoms with Crippen molar-refractivity contribution in [2.75, 3.05) is 39.6 Å². The third kappa shape index (κ3) is 69.0. The van der Waals surface area contributed by atoms with Gasteiger partial charge in [-0.15, -0.1) is 0 Å². The van der Waals surface area contributed by atoms with E-state index in [9.17, 15) is 43.2 Å². The second-order valence-electron chi connectivity index (χ2n) is 28.1. The van der Waals surface area contributed by atoms with Gasteiger partial charge in [-0.05, 0) is 37.5 Å². The topological polar surface area (TPSA) is 237 Å². The minimum atomic E-state index is -4.96. The molecular formula is C76H148O17P2. The van der Waals surface area contributed by atoms with Crippen LogP contribution in [0.2, 0.25) is 0 Å².